The van der Waals surface area contributed by atoms with Crippen LogP contribution in [0.1, 0.15) is 25.2 Å². The van der Waals surface area contributed by atoms with Crippen LogP contribution in [0.2, 0.25) is 0 Å². The predicted octanol–water partition coefficient (Wildman–Crippen LogP) is 5.33. The van der Waals surface area contributed by atoms with E-state index >= 15 is 0 Å². The van der Waals surface area contributed by atoms with Crippen molar-refractivity contribution >= 4 is 47.8 Å². The Kier molecular flexibility index (Phi) is 5.69. The molecule has 2 rings (SSSR count). The van der Waals surface area contributed by atoms with E-state index in [1.807, 2.05) is 22.9 Å². The Labute approximate surface area is 144 Å². The third-order valence-electron chi connectivity index (χ3n) is 2.95. The van der Waals surface area contributed by atoms with Gasteiger partial charge in [-0.1, -0.05) is 22.9 Å². The summed E-state index contributed by atoms with van der Waals surface area (Å²) in [5, 5.41) is 4.57. The van der Waals surface area contributed by atoms with Gasteiger partial charge >= 0.3 is 0 Å². The van der Waals surface area contributed by atoms with E-state index < -0.39 is 0 Å². The van der Waals surface area contributed by atoms with E-state index in [-0.39, 0.29) is 0 Å². The maximum atomic E-state index is 5.90. The van der Waals surface area contributed by atoms with E-state index in [2.05, 4.69) is 66.7 Å². The molecule has 0 fully saturated rings. The molecule has 3 nitrogen and oxygen atoms in total. The van der Waals surface area contributed by atoms with Gasteiger partial charge in [-0.2, -0.15) is 5.10 Å². The number of rotatable bonds is 5. The zero-order valence-corrected chi connectivity index (χ0v) is 16.0. The number of aromatic nitrogens is 2. The fourth-order valence-electron chi connectivity index (χ4n) is 1.89. The maximum Gasteiger partial charge on any atom is 0.134 e. The minimum atomic E-state index is 0.488. The van der Waals surface area contributed by atoms with Gasteiger partial charge < -0.3 is 4.74 Å². The summed E-state index contributed by atoms with van der Waals surface area (Å²) in [6, 6.07) is 5.87. The van der Waals surface area contributed by atoms with E-state index in [9.17, 15) is 0 Å². The standard InChI is InChI=1S/C14H15Br3N2O/c1-3-11-14(17)12(19(4-2)18-11)8-20-13-6-5-9(15)7-10(13)16/h5-7H,3-4,8H2,1-2H3. The largest absolute Gasteiger partial charge is 0.486 e. The lowest BCUT2D eigenvalue weighted by atomic mass is 10.3. The number of hydrogen-bond acceptors (Lipinski definition) is 2. The van der Waals surface area contributed by atoms with Gasteiger partial charge in [-0.15, -0.1) is 0 Å². The molecule has 0 atom stereocenters. The van der Waals surface area contributed by atoms with Gasteiger partial charge in [-0.25, -0.2) is 0 Å². The highest BCUT2D eigenvalue weighted by Gasteiger charge is 2.14. The van der Waals surface area contributed by atoms with Crippen LogP contribution in [0.5, 0.6) is 5.75 Å². The highest BCUT2D eigenvalue weighted by atomic mass is 79.9. The van der Waals surface area contributed by atoms with Crippen molar-refractivity contribution in [3.63, 3.8) is 0 Å². The van der Waals surface area contributed by atoms with Crippen molar-refractivity contribution in [1.29, 1.82) is 0 Å². The molecule has 0 aliphatic carbocycles. The average Bonchev–Trinajstić information content (AvgIpc) is 2.74. The minimum Gasteiger partial charge on any atom is -0.486 e. The maximum absolute atomic E-state index is 5.90. The second-order valence-electron chi connectivity index (χ2n) is 4.24. The summed E-state index contributed by atoms with van der Waals surface area (Å²) in [5.41, 5.74) is 2.14. The summed E-state index contributed by atoms with van der Waals surface area (Å²) in [6.45, 7) is 5.50. The first-order chi connectivity index (χ1) is 9.56. The predicted molar refractivity (Wildman–Crippen MR) is 91.2 cm³/mol. The van der Waals surface area contributed by atoms with Crippen LogP contribution in [-0.2, 0) is 19.6 Å². The number of nitrogens with zero attached hydrogens (tertiary/aromatic N) is 2. The van der Waals surface area contributed by atoms with Gasteiger partial charge in [0.2, 0.25) is 0 Å². The summed E-state index contributed by atoms with van der Waals surface area (Å²) < 4.78 is 10.9. The van der Waals surface area contributed by atoms with Gasteiger partial charge in [0.1, 0.15) is 12.4 Å². The van der Waals surface area contributed by atoms with E-state index in [1.54, 1.807) is 0 Å². The Balaban J connectivity index is 2.20. The fourth-order valence-corrected chi connectivity index (χ4v) is 3.73. The molecule has 108 valence electrons. The molecule has 1 aromatic heterocycles. The van der Waals surface area contributed by atoms with E-state index in [4.69, 9.17) is 4.74 Å². The molecular weight excluding hydrogens is 452 g/mol. The molecule has 6 heteroatoms. The Bertz CT molecular complexity index is 611. The molecule has 0 aliphatic heterocycles. The Hall–Kier alpha value is -0.330. The number of benzene rings is 1. The first kappa shape index (κ1) is 16.0. The van der Waals surface area contributed by atoms with Crippen LogP contribution >= 0.6 is 47.8 Å². The average molecular weight is 467 g/mol. The summed E-state index contributed by atoms with van der Waals surface area (Å²) in [6.07, 6.45) is 0.905. The molecular formula is C14H15Br3N2O. The smallest absolute Gasteiger partial charge is 0.134 e. The molecule has 1 aromatic carbocycles. The monoisotopic (exact) mass is 464 g/mol. The van der Waals surface area contributed by atoms with Crippen molar-refractivity contribution in [2.75, 3.05) is 0 Å². The lowest BCUT2D eigenvalue weighted by Crippen LogP contribution is -2.06. The summed E-state index contributed by atoms with van der Waals surface area (Å²) in [5.74, 6) is 0.821. The fraction of sp³-hybridized carbons (Fsp3) is 0.357. The number of ether oxygens (including phenoxy) is 1. The lowest BCUT2D eigenvalue weighted by molar-refractivity contribution is 0.290. The van der Waals surface area contributed by atoms with Gasteiger partial charge in [0, 0.05) is 11.0 Å². The Morgan fingerprint density at radius 1 is 1.20 bits per heavy atom. The van der Waals surface area contributed by atoms with Crippen molar-refractivity contribution in [3.05, 3.63) is 43.0 Å². The van der Waals surface area contributed by atoms with Crippen molar-refractivity contribution in [3.8, 4) is 5.75 Å². The molecule has 2 aromatic rings. The Morgan fingerprint density at radius 3 is 2.55 bits per heavy atom. The number of aryl methyl sites for hydroxylation is 2. The van der Waals surface area contributed by atoms with Crippen LogP contribution in [0.4, 0.5) is 0 Å². The zero-order chi connectivity index (χ0) is 14.7. The SMILES string of the molecule is CCc1nn(CC)c(COc2ccc(Br)cc2Br)c1Br. The summed E-state index contributed by atoms with van der Waals surface area (Å²) in [7, 11) is 0. The molecule has 0 N–H and O–H groups in total. The first-order valence-electron chi connectivity index (χ1n) is 6.38. The molecule has 0 saturated heterocycles. The van der Waals surface area contributed by atoms with Gasteiger partial charge in [-0.05, 0) is 63.4 Å². The highest BCUT2D eigenvalue weighted by molar-refractivity contribution is 9.11. The quantitative estimate of drug-likeness (QED) is 0.595. The van der Waals surface area contributed by atoms with E-state index in [0.29, 0.717) is 6.61 Å². The third kappa shape index (κ3) is 3.46. The third-order valence-corrected chi connectivity index (χ3v) is 4.98. The van der Waals surface area contributed by atoms with Crippen LogP contribution in [0.15, 0.2) is 31.6 Å². The first-order valence-corrected chi connectivity index (χ1v) is 8.76. The van der Waals surface area contributed by atoms with Crippen molar-refractivity contribution < 1.29 is 4.74 Å². The molecule has 1 heterocycles. The highest BCUT2D eigenvalue weighted by Crippen LogP contribution is 2.30. The second kappa shape index (κ2) is 7.09. The van der Waals surface area contributed by atoms with Gasteiger partial charge in [0.05, 0.1) is 20.3 Å². The molecule has 0 bridgehead atoms. The van der Waals surface area contributed by atoms with Crippen LogP contribution in [0, 0.1) is 0 Å². The van der Waals surface area contributed by atoms with Crippen molar-refractivity contribution in [2.24, 2.45) is 0 Å². The molecule has 20 heavy (non-hydrogen) atoms. The lowest BCUT2D eigenvalue weighted by Gasteiger charge is -2.10. The normalized spacial score (nSPS) is 10.8. The number of halogens is 3. The van der Waals surface area contributed by atoms with E-state index in [0.717, 1.165) is 43.5 Å². The molecule has 0 unspecified atom stereocenters. The summed E-state index contributed by atoms with van der Waals surface area (Å²) >= 11 is 10.6. The van der Waals surface area contributed by atoms with Crippen molar-refractivity contribution in [2.45, 2.75) is 33.4 Å². The van der Waals surface area contributed by atoms with Crippen LogP contribution in [0.3, 0.4) is 0 Å². The van der Waals surface area contributed by atoms with Crippen molar-refractivity contribution in [1.82, 2.24) is 9.78 Å². The molecule has 0 aliphatic rings. The van der Waals surface area contributed by atoms with Crippen LogP contribution < -0.4 is 4.74 Å². The molecule has 0 amide bonds. The second-order valence-corrected chi connectivity index (χ2v) is 6.80. The molecule has 0 radical (unpaired) electrons. The van der Waals surface area contributed by atoms with Gasteiger partial charge in [0.15, 0.2) is 0 Å². The zero-order valence-electron chi connectivity index (χ0n) is 11.3. The number of hydrogen-bond donors (Lipinski definition) is 0. The van der Waals surface area contributed by atoms with Crippen LogP contribution in [0.25, 0.3) is 0 Å². The van der Waals surface area contributed by atoms with Gasteiger partial charge in [0.25, 0.3) is 0 Å². The Morgan fingerprint density at radius 2 is 1.95 bits per heavy atom. The topological polar surface area (TPSA) is 27.1 Å². The minimum absolute atomic E-state index is 0.488. The molecule has 0 spiro atoms. The van der Waals surface area contributed by atoms with E-state index in [1.165, 1.54) is 0 Å². The van der Waals surface area contributed by atoms with Crippen LogP contribution in [-0.4, -0.2) is 9.78 Å². The molecule has 0 saturated carbocycles. The summed E-state index contributed by atoms with van der Waals surface area (Å²) in [4.78, 5) is 0. The van der Waals surface area contributed by atoms with Gasteiger partial charge in [-0.3, -0.25) is 4.68 Å².